The minimum Gasteiger partial charge on any atom is -0.276 e. The molecule has 0 aliphatic heterocycles. The summed E-state index contributed by atoms with van der Waals surface area (Å²) in [5, 5.41) is 0. The number of para-hydroxylation sites is 4. The lowest BCUT2D eigenvalue weighted by atomic mass is 10.3. The van der Waals surface area contributed by atoms with Crippen LogP contribution in [0, 0.1) is 0 Å². The Hall–Kier alpha value is -2.62. The summed E-state index contributed by atoms with van der Waals surface area (Å²) in [6.07, 6.45) is 1.94. The second-order valence-electron chi connectivity index (χ2n) is 4.15. The highest BCUT2D eigenvalue weighted by molar-refractivity contribution is 5.94. The Morgan fingerprint density at radius 1 is 0.889 bits per heavy atom. The third-order valence-electron chi connectivity index (χ3n) is 3.20. The number of benzene rings is 2. The predicted molar refractivity (Wildman–Crippen MR) is 69.3 cm³/mol. The number of carbonyl (C=O) groups excluding carboxylic acids is 1. The minimum absolute atomic E-state index is 0.604. The fraction of sp³-hybridized carbons (Fsp3) is 0. The molecule has 0 aliphatic carbocycles. The molecule has 1 radical (unpaired) electrons. The Labute approximate surface area is 102 Å². The van der Waals surface area contributed by atoms with E-state index in [-0.39, 0.29) is 0 Å². The highest BCUT2D eigenvalue weighted by Gasteiger charge is 2.14. The van der Waals surface area contributed by atoms with Gasteiger partial charge in [-0.15, -0.1) is 0 Å². The summed E-state index contributed by atoms with van der Waals surface area (Å²) in [6, 6.07) is 15.6. The molecule has 2 aromatic carbocycles. The Morgan fingerprint density at radius 3 is 2.33 bits per heavy atom. The quantitative estimate of drug-likeness (QED) is 0.507. The first-order chi connectivity index (χ1) is 8.90. The summed E-state index contributed by atoms with van der Waals surface area (Å²) in [4.78, 5) is 15.6. The van der Waals surface area contributed by atoms with Gasteiger partial charge in [0, 0.05) is 0 Å². The molecule has 0 saturated heterocycles. The number of rotatable bonds is 1. The normalized spacial score (nSPS) is 11.6. The van der Waals surface area contributed by atoms with E-state index in [0.29, 0.717) is 5.78 Å². The first-order valence-corrected chi connectivity index (χ1v) is 5.65. The molecule has 0 unspecified atom stereocenters. The van der Waals surface area contributed by atoms with Gasteiger partial charge in [0.1, 0.15) is 0 Å². The summed E-state index contributed by atoms with van der Waals surface area (Å²) in [7, 11) is 0. The minimum atomic E-state index is 0.604. The van der Waals surface area contributed by atoms with Crippen LogP contribution < -0.4 is 0 Å². The van der Waals surface area contributed by atoms with Crippen LogP contribution in [0.1, 0.15) is 0 Å². The van der Waals surface area contributed by atoms with E-state index in [9.17, 15) is 4.79 Å². The number of aromatic nitrogens is 3. The first-order valence-electron chi connectivity index (χ1n) is 5.65. The van der Waals surface area contributed by atoms with Gasteiger partial charge < -0.3 is 0 Å². The molecule has 0 saturated carbocycles. The zero-order valence-corrected chi connectivity index (χ0v) is 9.37. The van der Waals surface area contributed by atoms with Crippen molar-refractivity contribution in [3.8, 4) is 0 Å². The maximum absolute atomic E-state index is 11.2. The van der Waals surface area contributed by atoms with E-state index in [0.717, 1.165) is 22.1 Å². The number of fused-ring (bicyclic) bond motifs is 5. The summed E-state index contributed by atoms with van der Waals surface area (Å²) < 4.78 is 3.44. The van der Waals surface area contributed by atoms with Crippen molar-refractivity contribution in [2.75, 3.05) is 0 Å². The van der Waals surface area contributed by atoms with Crippen LogP contribution in [0.15, 0.2) is 48.5 Å². The van der Waals surface area contributed by atoms with E-state index in [1.807, 2.05) is 59.3 Å². The van der Waals surface area contributed by atoms with Crippen molar-refractivity contribution >= 4 is 34.3 Å². The summed E-state index contributed by atoms with van der Waals surface area (Å²) in [5.41, 5.74) is 3.66. The smallest absolute Gasteiger partial charge is 0.276 e. The zero-order chi connectivity index (χ0) is 12.1. The van der Waals surface area contributed by atoms with Crippen LogP contribution in [-0.2, 0) is 4.79 Å². The zero-order valence-electron chi connectivity index (χ0n) is 9.37. The molecule has 4 rings (SSSR count). The number of nitrogens with zero attached hydrogens (tertiary/aromatic N) is 3. The molecule has 4 nitrogen and oxygen atoms in total. The van der Waals surface area contributed by atoms with Gasteiger partial charge in [-0.25, -0.2) is 9.55 Å². The molecule has 0 fully saturated rings. The second-order valence-corrected chi connectivity index (χ2v) is 4.15. The van der Waals surface area contributed by atoms with Gasteiger partial charge in [-0.1, -0.05) is 24.3 Å². The Morgan fingerprint density at radius 2 is 1.56 bits per heavy atom. The monoisotopic (exact) mass is 234 g/mol. The van der Waals surface area contributed by atoms with Gasteiger partial charge in [0.05, 0.1) is 22.1 Å². The average Bonchev–Trinajstić information content (AvgIpc) is 2.92. The van der Waals surface area contributed by atoms with Gasteiger partial charge in [0.2, 0.25) is 5.78 Å². The molecule has 0 aliphatic rings. The molecule has 18 heavy (non-hydrogen) atoms. The van der Waals surface area contributed by atoms with E-state index in [2.05, 4.69) is 4.98 Å². The highest BCUT2D eigenvalue weighted by Crippen LogP contribution is 2.24. The fourth-order valence-corrected chi connectivity index (χ4v) is 2.44. The summed E-state index contributed by atoms with van der Waals surface area (Å²) >= 11 is 0. The van der Waals surface area contributed by atoms with E-state index in [1.165, 1.54) is 4.57 Å². The third-order valence-corrected chi connectivity index (χ3v) is 3.20. The lowest BCUT2D eigenvalue weighted by Crippen LogP contribution is -1.94. The van der Waals surface area contributed by atoms with Crippen LogP contribution in [0.4, 0.5) is 0 Å². The standard InChI is InChI=1S/C14H8N3O/c18-9-16-12-7-3-4-8-13(12)17-11-6-2-1-5-10(11)15-14(16)17/h1-8H. The average molecular weight is 234 g/mol. The SMILES string of the molecule is O=[C]n1c2ccccc2n2c3ccccc3nc12. The van der Waals surface area contributed by atoms with Crippen molar-refractivity contribution < 1.29 is 4.79 Å². The summed E-state index contributed by atoms with van der Waals surface area (Å²) in [6.45, 7) is 0. The van der Waals surface area contributed by atoms with Crippen molar-refractivity contribution in [3.63, 3.8) is 0 Å². The largest absolute Gasteiger partial charge is 0.324 e. The maximum Gasteiger partial charge on any atom is 0.324 e. The van der Waals surface area contributed by atoms with Crippen LogP contribution in [-0.4, -0.2) is 20.4 Å². The first kappa shape index (κ1) is 9.41. The van der Waals surface area contributed by atoms with Crippen molar-refractivity contribution in [3.05, 3.63) is 48.5 Å². The predicted octanol–water partition coefficient (Wildman–Crippen LogP) is 2.36. The van der Waals surface area contributed by atoms with Crippen LogP contribution in [0.3, 0.4) is 0 Å². The van der Waals surface area contributed by atoms with Gasteiger partial charge in [-0.05, 0) is 24.3 Å². The topological polar surface area (TPSA) is 39.3 Å². The Kier molecular flexibility index (Phi) is 1.67. The molecule has 2 heterocycles. The molecular formula is C14H8N3O. The maximum atomic E-state index is 11.2. The summed E-state index contributed by atoms with van der Waals surface area (Å²) in [5.74, 6) is 0.604. The molecule has 85 valence electrons. The molecule has 4 aromatic rings. The molecule has 4 heteroatoms. The molecule has 0 bridgehead atoms. The Balaban J connectivity index is 2.40. The fourth-order valence-electron chi connectivity index (χ4n) is 2.44. The number of imidazole rings is 2. The Bertz CT molecular complexity index is 901. The lowest BCUT2D eigenvalue weighted by Gasteiger charge is -1.93. The number of hydrogen-bond acceptors (Lipinski definition) is 2. The van der Waals surface area contributed by atoms with Gasteiger partial charge >= 0.3 is 6.41 Å². The second kappa shape index (κ2) is 3.20. The van der Waals surface area contributed by atoms with Crippen molar-refractivity contribution in [2.24, 2.45) is 0 Å². The molecule has 0 amide bonds. The number of hydrogen-bond donors (Lipinski definition) is 0. The lowest BCUT2D eigenvalue weighted by molar-refractivity contribution is 0.550. The van der Waals surface area contributed by atoms with Crippen LogP contribution in [0.5, 0.6) is 0 Å². The molecular weight excluding hydrogens is 226 g/mol. The van der Waals surface area contributed by atoms with Crippen LogP contribution in [0.2, 0.25) is 0 Å². The van der Waals surface area contributed by atoms with Crippen molar-refractivity contribution in [2.45, 2.75) is 0 Å². The van der Waals surface area contributed by atoms with Gasteiger partial charge in [0.25, 0.3) is 0 Å². The molecule has 2 aromatic heterocycles. The van der Waals surface area contributed by atoms with Crippen LogP contribution >= 0.6 is 0 Å². The molecule has 0 N–H and O–H groups in total. The highest BCUT2D eigenvalue weighted by atomic mass is 16.1. The van der Waals surface area contributed by atoms with E-state index < -0.39 is 0 Å². The van der Waals surface area contributed by atoms with Gasteiger partial charge in [0.15, 0.2) is 0 Å². The van der Waals surface area contributed by atoms with E-state index in [4.69, 9.17) is 0 Å². The van der Waals surface area contributed by atoms with Crippen molar-refractivity contribution in [1.82, 2.24) is 14.0 Å². The van der Waals surface area contributed by atoms with Gasteiger partial charge in [-0.3, -0.25) is 9.20 Å². The van der Waals surface area contributed by atoms with Gasteiger partial charge in [-0.2, -0.15) is 0 Å². The molecule has 0 spiro atoms. The van der Waals surface area contributed by atoms with Crippen molar-refractivity contribution in [1.29, 1.82) is 0 Å². The van der Waals surface area contributed by atoms with E-state index >= 15 is 0 Å². The third kappa shape index (κ3) is 0.996. The van der Waals surface area contributed by atoms with Crippen LogP contribution in [0.25, 0.3) is 27.8 Å². The van der Waals surface area contributed by atoms with E-state index in [1.54, 1.807) is 0 Å². The molecule has 0 atom stereocenters.